The summed E-state index contributed by atoms with van der Waals surface area (Å²) in [5, 5.41) is 0. The van der Waals surface area contributed by atoms with E-state index in [0.717, 1.165) is 89.9 Å². The highest BCUT2D eigenvalue weighted by Gasteiger charge is 2.19. The third kappa shape index (κ3) is 46.5. The second-order valence-electron chi connectivity index (χ2n) is 17.1. The maximum atomic E-state index is 12.8. The molecule has 0 spiro atoms. The van der Waals surface area contributed by atoms with Gasteiger partial charge in [0.25, 0.3) is 0 Å². The van der Waals surface area contributed by atoms with Gasteiger partial charge in [0.05, 0.1) is 0 Å². The van der Waals surface area contributed by atoms with E-state index in [4.69, 9.17) is 14.2 Å². The van der Waals surface area contributed by atoms with Crippen molar-refractivity contribution < 1.29 is 28.6 Å². The van der Waals surface area contributed by atoms with E-state index in [1.807, 2.05) is 0 Å². The summed E-state index contributed by atoms with van der Waals surface area (Å²) in [6.07, 6.45) is 55.5. The number of carbonyl (C=O) groups excluding carboxylic acids is 3. The number of ether oxygens (including phenoxy) is 3. The summed E-state index contributed by atoms with van der Waals surface area (Å²) in [4.78, 5) is 37.9. The van der Waals surface area contributed by atoms with E-state index >= 15 is 0 Å². The van der Waals surface area contributed by atoms with Crippen LogP contribution < -0.4 is 0 Å². The lowest BCUT2D eigenvalue weighted by Crippen LogP contribution is -2.30. The molecular weight excluding hydrogens is 733 g/mol. The van der Waals surface area contributed by atoms with Gasteiger partial charge in [-0.3, -0.25) is 14.4 Å². The summed E-state index contributed by atoms with van der Waals surface area (Å²) >= 11 is 0. The molecular formula is C53H96O6. The van der Waals surface area contributed by atoms with Gasteiger partial charge in [0.2, 0.25) is 0 Å². The molecule has 0 aliphatic carbocycles. The lowest BCUT2D eigenvalue weighted by molar-refractivity contribution is -0.167. The van der Waals surface area contributed by atoms with E-state index < -0.39 is 6.10 Å². The standard InChI is InChI=1S/C53H96O6/c1-4-7-10-13-16-19-22-24-25-26-27-29-31-34-37-40-43-46-52(55)58-49-50(48-57-51(54)45-42-39-36-33-30-21-18-15-12-9-6-3)59-53(56)47-44-41-38-35-32-28-23-20-17-14-11-8-5-2/h11,14,20,23-25,50H,4-10,12-13,15-19,21-22,26-49H2,1-3H3/b14-11-,23-20-,25-24-. The zero-order chi connectivity index (χ0) is 43.0. The first kappa shape index (κ1) is 56.6. The van der Waals surface area contributed by atoms with Crippen LogP contribution in [-0.2, 0) is 28.6 Å². The lowest BCUT2D eigenvalue weighted by atomic mass is 10.1. The largest absolute Gasteiger partial charge is 0.462 e. The molecule has 0 fully saturated rings. The van der Waals surface area contributed by atoms with Crippen molar-refractivity contribution in [2.24, 2.45) is 0 Å². The molecule has 0 aliphatic heterocycles. The van der Waals surface area contributed by atoms with Crippen LogP contribution in [0.2, 0.25) is 0 Å². The highest BCUT2D eigenvalue weighted by atomic mass is 16.6. The number of rotatable bonds is 46. The number of carbonyl (C=O) groups is 3. The second kappa shape index (κ2) is 48.3. The first-order chi connectivity index (χ1) is 29.0. The van der Waals surface area contributed by atoms with Crippen LogP contribution in [0.1, 0.15) is 265 Å². The van der Waals surface area contributed by atoms with Gasteiger partial charge >= 0.3 is 17.9 Å². The Hall–Kier alpha value is -2.37. The minimum Gasteiger partial charge on any atom is -0.462 e. The van der Waals surface area contributed by atoms with E-state index in [1.54, 1.807) is 0 Å². The van der Waals surface area contributed by atoms with Crippen molar-refractivity contribution >= 4 is 17.9 Å². The van der Waals surface area contributed by atoms with Gasteiger partial charge < -0.3 is 14.2 Å². The molecule has 6 heteroatoms. The van der Waals surface area contributed by atoms with Crippen LogP contribution in [0, 0.1) is 0 Å². The highest BCUT2D eigenvalue weighted by Crippen LogP contribution is 2.15. The molecule has 0 radical (unpaired) electrons. The number of allylic oxidation sites excluding steroid dienone is 6. The Morgan fingerprint density at radius 2 is 0.644 bits per heavy atom. The van der Waals surface area contributed by atoms with Gasteiger partial charge in [0, 0.05) is 19.3 Å². The molecule has 1 unspecified atom stereocenters. The molecule has 0 heterocycles. The number of esters is 3. The SMILES string of the molecule is CCC/C=C\C/C=C\CCCCCCCC(=O)OC(COC(=O)CCCCCCCCC/C=C\CCCCCCCC)COC(=O)CCCCCCCCCCCCC. The molecule has 0 bridgehead atoms. The van der Waals surface area contributed by atoms with Crippen molar-refractivity contribution in [1.29, 1.82) is 0 Å². The Bertz CT molecular complexity index is 1000. The third-order valence-electron chi connectivity index (χ3n) is 11.1. The summed E-state index contributed by atoms with van der Waals surface area (Å²) in [5.74, 6) is -0.888. The molecule has 0 saturated carbocycles. The van der Waals surface area contributed by atoms with Gasteiger partial charge in [-0.25, -0.2) is 0 Å². The normalized spacial score (nSPS) is 12.3. The van der Waals surface area contributed by atoms with E-state index in [0.29, 0.717) is 19.3 Å². The van der Waals surface area contributed by atoms with Crippen LogP contribution in [0.25, 0.3) is 0 Å². The Morgan fingerprint density at radius 1 is 0.339 bits per heavy atom. The van der Waals surface area contributed by atoms with Gasteiger partial charge in [0.15, 0.2) is 6.10 Å². The van der Waals surface area contributed by atoms with Crippen LogP contribution in [-0.4, -0.2) is 37.2 Å². The quantitative estimate of drug-likeness (QED) is 0.0263. The predicted octanol–water partition coefficient (Wildman–Crippen LogP) is 16.5. The minimum atomic E-state index is -0.776. The number of hydrogen-bond donors (Lipinski definition) is 0. The fraction of sp³-hybridized carbons (Fsp3) is 0.830. The van der Waals surface area contributed by atoms with Crippen LogP contribution in [0.3, 0.4) is 0 Å². The molecule has 0 amide bonds. The first-order valence-corrected chi connectivity index (χ1v) is 25.5. The number of hydrogen-bond acceptors (Lipinski definition) is 6. The van der Waals surface area contributed by atoms with Gasteiger partial charge in [-0.2, -0.15) is 0 Å². The fourth-order valence-electron chi connectivity index (χ4n) is 7.24. The van der Waals surface area contributed by atoms with E-state index in [-0.39, 0.29) is 31.1 Å². The van der Waals surface area contributed by atoms with Gasteiger partial charge in [0.1, 0.15) is 13.2 Å². The van der Waals surface area contributed by atoms with Gasteiger partial charge in [-0.1, -0.05) is 211 Å². The zero-order valence-electron chi connectivity index (χ0n) is 39.3. The predicted molar refractivity (Wildman–Crippen MR) is 252 cm³/mol. The van der Waals surface area contributed by atoms with Crippen molar-refractivity contribution in [1.82, 2.24) is 0 Å². The molecule has 6 nitrogen and oxygen atoms in total. The van der Waals surface area contributed by atoms with Crippen LogP contribution in [0.5, 0.6) is 0 Å². The lowest BCUT2D eigenvalue weighted by Gasteiger charge is -2.18. The molecule has 1 atom stereocenters. The summed E-state index contributed by atoms with van der Waals surface area (Å²) in [6, 6.07) is 0. The van der Waals surface area contributed by atoms with Crippen LogP contribution in [0.15, 0.2) is 36.5 Å². The average Bonchev–Trinajstić information content (AvgIpc) is 3.23. The maximum absolute atomic E-state index is 12.8. The van der Waals surface area contributed by atoms with Crippen LogP contribution in [0.4, 0.5) is 0 Å². The molecule has 0 aromatic carbocycles. The van der Waals surface area contributed by atoms with Crippen molar-refractivity contribution in [2.45, 2.75) is 271 Å². The van der Waals surface area contributed by atoms with E-state index in [9.17, 15) is 14.4 Å². The Kier molecular flexibility index (Phi) is 46.4. The van der Waals surface area contributed by atoms with Gasteiger partial charge in [-0.05, 0) is 70.6 Å². The van der Waals surface area contributed by atoms with Crippen molar-refractivity contribution in [2.75, 3.05) is 13.2 Å². The summed E-state index contributed by atoms with van der Waals surface area (Å²) in [7, 11) is 0. The molecule has 0 aliphatic rings. The number of unbranched alkanes of at least 4 members (excludes halogenated alkanes) is 29. The zero-order valence-corrected chi connectivity index (χ0v) is 39.3. The van der Waals surface area contributed by atoms with Crippen LogP contribution >= 0.6 is 0 Å². The summed E-state index contributed by atoms with van der Waals surface area (Å²) in [6.45, 7) is 6.56. The summed E-state index contributed by atoms with van der Waals surface area (Å²) in [5.41, 5.74) is 0. The highest BCUT2D eigenvalue weighted by molar-refractivity contribution is 5.71. The molecule has 0 aromatic rings. The maximum Gasteiger partial charge on any atom is 0.306 e. The fourth-order valence-corrected chi connectivity index (χ4v) is 7.24. The molecule has 344 valence electrons. The van der Waals surface area contributed by atoms with Crippen molar-refractivity contribution in [3.63, 3.8) is 0 Å². The average molecular weight is 829 g/mol. The Morgan fingerprint density at radius 3 is 1.02 bits per heavy atom. The molecule has 0 N–H and O–H groups in total. The smallest absolute Gasteiger partial charge is 0.306 e. The Labute approximate surface area is 365 Å². The van der Waals surface area contributed by atoms with E-state index in [2.05, 4.69) is 57.2 Å². The molecule has 0 aromatic heterocycles. The van der Waals surface area contributed by atoms with Gasteiger partial charge in [-0.15, -0.1) is 0 Å². The van der Waals surface area contributed by atoms with E-state index in [1.165, 1.54) is 135 Å². The minimum absolute atomic E-state index is 0.0767. The first-order valence-electron chi connectivity index (χ1n) is 25.5. The van der Waals surface area contributed by atoms with Crippen molar-refractivity contribution in [3.8, 4) is 0 Å². The molecule has 0 rings (SSSR count). The third-order valence-corrected chi connectivity index (χ3v) is 11.1. The molecule has 59 heavy (non-hydrogen) atoms. The Balaban J connectivity index is 4.34. The van der Waals surface area contributed by atoms with Crippen molar-refractivity contribution in [3.05, 3.63) is 36.5 Å². The molecule has 0 saturated heterocycles. The topological polar surface area (TPSA) is 78.9 Å². The second-order valence-corrected chi connectivity index (χ2v) is 17.1. The summed E-state index contributed by atoms with van der Waals surface area (Å²) < 4.78 is 16.8. The monoisotopic (exact) mass is 829 g/mol.